The number of piperazine rings is 1. The minimum atomic E-state index is -4.40. The van der Waals surface area contributed by atoms with Crippen molar-refractivity contribution in [2.45, 2.75) is 18.6 Å². The van der Waals surface area contributed by atoms with Gasteiger partial charge in [-0.3, -0.25) is 9.59 Å². The van der Waals surface area contributed by atoms with Crippen LogP contribution in [-0.2, 0) is 17.4 Å². The maximum atomic E-state index is 13.4. The Morgan fingerprint density at radius 1 is 0.941 bits per heavy atom. The average Bonchev–Trinajstić information content (AvgIpc) is 3.39. The molecule has 3 aromatic rings. The van der Waals surface area contributed by atoms with E-state index < -0.39 is 17.8 Å². The Bertz CT molecular complexity index is 1110. The Kier molecular flexibility index (Phi) is 7.21. The number of amides is 2. The molecule has 2 amide bonds. The second kappa shape index (κ2) is 10.3. The van der Waals surface area contributed by atoms with E-state index in [2.05, 4.69) is 5.32 Å². The van der Waals surface area contributed by atoms with Gasteiger partial charge in [0.05, 0.1) is 10.4 Å². The number of hydrogen-bond donors (Lipinski definition) is 1. The van der Waals surface area contributed by atoms with E-state index in [0.717, 1.165) is 17.7 Å². The molecule has 1 N–H and O–H groups in total. The van der Waals surface area contributed by atoms with E-state index in [4.69, 9.17) is 0 Å². The summed E-state index contributed by atoms with van der Waals surface area (Å²) >= 11 is 1.30. The summed E-state index contributed by atoms with van der Waals surface area (Å²) in [6.07, 6.45) is -4.05. The van der Waals surface area contributed by atoms with Gasteiger partial charge >= 0.3 is 6.18 Å². The van der Waals surface area contributed by atoms with Crippen LogP contribution in [0, 0.1) is 0 Å². The SMILES string of the molecule is O=C(N[C@@H](Cc1ccccc1)C(=O)N1CCN(c2cccc(C(F)(F)F)c2)CC1)c1cccs1. The van der Waals surface area contributed by atoms with Crippen LogP contribution in [0.5, 0.6) is 0 Å². The van der Waals surface area contributed by atoms with Crippen LogP contribution in [0.25, 0.3) is 0 Å². The number of benzene rings is 2. The molecule has 0 saturated carbocycles. The molecule has 4 rings (SSSR count). The van der Waals surface area contributed by atoms with E-state index >= 15 is 0 Å². The smallest absolute Gasteiger partial charge is 0.368 e. The summed E-state index contributed by atoms with van der Waals surface area (Å²) in [5.74, 6) is -0.496. The van der Waals surface area contributed by atoms with Crippen molar-refractivity contribution in [3.05, 3.63) is 88.1 Å². The van der Waals surface area contributed by atoms with Crippen molar-refractivity contribution >= 4 is 28.8 Å². The summed E-state index contributed by atoms with van der Waals surface area (Å²) in [6, 6.07) is 17.4. The van der Waals surface area contributed by atoms with Gasteiger partial charge in [-0.15, -0.1) is 11.3 Å². The molecular weight excluding hydrogens is 463 g/mol. The normalized spacial score (nSPS) is 15.1. The van der Waals surface area contributed by atoms with E-state index in [9.17, 15) is 22.8 Å². The average molecular weight is 488 g/mol. The highest BCUT2D eigenvalue weighted by atomic mass is 32.1. The van der Waals surface area contributed by atoms with Crippen LogP contribution in [-0.4, -0.2) is 48.9 Å². The molecule has 0 radical (unpaired) electrons. The summed E-state index contributed by atoms with van der Waals surface area (Å²) in [5.41, 5.74) is 0.714. The second-order valence-corrected chi connectivity index (χ2v) is 9.00. The van der Waals surface area contributed by atoms with Crippen LogP contribution < -0.4 is 10.2 Å². The number of carbonyl (C=O) groups is 2. The van der Waals surface area contributed by atoms with Gasteiger partial charge in [-0.1, -0.05) is 42.5 Å². The Balaban J connectivity index is 1.44. The molecule has 1 saturated heterocycles. The third kappa shape index (κ3) is 5.77. The minimum Gasteiger partial charge on any atom is -0.368 e. The lowest BCUT2D eigenvalue weighted by atomic mass is 10.0. The highest BCUT2D eigenvalue weighted by Gasteiger charge is 2.32. The van der Waals surface area contributed by atoms with E-state index in [0.29, 0.717) is 43.2 Å². The molecule has 178 valence electrons. The highest BCUT2D eigenvalue weighted by Crippen LogP contribution is 2.32. The molecule has 0 aliphatic carbocycles. The molecule has 2 heterocycles. The molecular formula is C25H24F3N3O2S. The fourth-order valence-electron chi connectivity index (χ4n) is 3.97. The summed E-state index contributed by atoms with van der Waals surface area (Å²) in [6.45, 7) is 1.53. The maximum Gasteiger partial charge on any atom is 0.416 e. The molecule has 9 heteroatoms. The fraction of sp³-hybridized carbons (Fsp3) is 0.280. The first-order chi connectivity index (χ1) is 16.3. The van der Waals surface area contributed by atoms with Gasteiger partial charge in [0, 0.05) is 38.3 Å². The van der Waals surface area contributed by atoms with Crippen molar-refractivity contribution in [3.8, 4) is 0 Å². The van der Waals surface area contributed by atoms with E-state index in [1.54, 1.807) is 28.5 Å². The van der Waals surface area contributed by atoms with Gasteiger partial charge in [-0.05, 0) is 35.2 Å². The van der Waals surface area contributed by atoms with Crippen LogP contribution in [0.15, 0.2) is 72.1 Å². The third-order valence-electron chi connectivity index (χ3n) is 5.76. The standard InChI is InChI=1S/C25H24F3N3O2S/c26-25(27,28)19-8-4-9-20(17-19)30-11-13-31(14-12-30)24(33)21(16-18-6-2-1-3-7-18)29-23(32)22-10-5-15-34-22/h1-10,15,17,21H,11-14,16H2,(H,29,32)/t21-/m0/s1. The lowest BCUT2D eigenvalue weighted by Crippen LogP contribution is -2.55. The lowest BCUT2D eigenvalue weighted by Gasteiger charge is -2.38. The summed E-state index contributed by atoms with van der Waals surface area (Å²) in [7, 11) is 0. The van der Waals surface area contributed by atoms with Crippen LogP contribution in [0.2, 0.25) is 0 Å². The van der Waals surface area contributed by atoms with Crippen molar-refractivity contribution in [1.29, 1.82) is 0 Å². The molecule has 1 aliphatic rings. The Labute approximate surface area is 199 Å². The monoisotopic (exact) mass is 487 g/mol. The molecule has 5 nitrogen and oxygen atoms in total. The molecule has 0 unspecified atom stereocenters. The minimum absolute atomic E-state index is 0.197. The number of carbonyl (C=O) groups excluding carboxylic acids is 2. The molecule has 1 aliphatic heterocycles. The molecule has 0 spiro atoms. The fourth-order valence-corrected chi connectivity index (χ4v) is 4.60. The number of alkyl halides is 3. The molecule has 34 heavy (non-hydrogen) atoms. The molecule has 1 fully saturated rings. The van der Waals surface area contributed by atoms with Gasteiger partial charge in [0.25, 0.3) is 5.91 Å². The number of rotatable bonds is 6. The van der Waals surface area contributed by atoms with Crippen LogP contribution in [0.1, 0.15) is 20.8 Å². The second-order valence-electron chi connectivity index (χ2n) is 8.05. The molecule has 1 atom stereocenters. The zero-order valence-corrected chi connectivity index (χ0v) is 19.1. The zero-order valence-electron chi connectivity index (χ0n) is 18.3. The number of thiophene rings is 1. The molecule has 1 aromatic heterocycles. The molecule has 2 aromatic carbocycles. The quantitative estimate of drug-likeness (QED) is 0.559. The number of anilines is 1. The number of nitrogens with zero attached hydrogens (tertiary/aromatic N) is 2. The Hall–Kier alpha value is -3.33. The predicted molar refractivity (Wildman–Crippen MR) is 126 cm³/mol. The van der Waals surface area contributed by atoms with Crippen LogP contribution in [0.4, 0.5) is 18.9 Å². The first-order valence-corrected chi connectivity index (χ1v) is 11.8. The zero-order chi connectivity index (χ0) is 24.1. The van der Waals surface area contributed by atoms with Crippen molar-refractivity contribution < 1.29 is 22.8 Å². The largest absolute Gasteiger partial charge is 0.416 e. The third-order valence-corrected chi connectivity index (χ3v) is 6.63. The van der Waals surface area contributed by atoms with Crippen molar-refractivity contribution in [2.24, 2.45) is 0 Å². The number of halogens is 3. The summed E-state index contributed by atoms with van der Waals surface area (Å²) < 4.78 is 39.2. The highest BCUT2D eigenvalue weighted by molar-refractivity contribution is 7.12. The maximum absolute atomic E-state index is 13.4. The summed E-state index contributed by atoms with van der Waals surface area (Å²) in [4.78, 5) is 30.1. The Morgan fingerprint density at radius 2 is 1.68 bits per heavy atom. The van der Waals surface area contributed by atoms with Crippen molar-refractivity contribution in [3.63, 3.8) is 0 Å². The van der Waals surface area contributed by atoms with E-state index in [1.807, 2.05) is 35.2 Å². The first-order valence-electron chi connectivity index (χ1n) is 10.9. The van der Waals surface area contributed by atoms with E-state index in [-0.39, 0.29) is 11.8 Å². The molecule has 0 bridgehead atoms. The topological polar surface area (TPSA) is 52.7 Å². The first kappa shape index (κ1) is 23.8. The van der Waals surface area contributed by atoms with Crippen molar-refractivity contribution in [1.82, 2.24) is 10.2 Å². The van der Waals surface area contributed by atoms with Crippen LogP contribution >= 0.6 is 11.3 Å². The lowest BCUT2D eigenvalue weighted by molar-refractivity contribution is -0.137. The van der Waals surface area contributed by atoms with Gasteiger partial charge in [0.1, 0.15) is 6.04 Å². The van der Waals surface area contributed by atoms with Gasteiger partial charge in [0.2, 0.25) is 5.91 Å². The van der Waals surface area contributed by atoms with Crippen LogP contribution in [0.3, 0.4) is 0 Å². The van der Waals surface area contributed by atoms with Gasteiger partial charge in [-0.25, -0.2) is 0 Å². The van der Waals surface area contributed by atoms with Gasteiger partial charge in [0.15, 0.2) is 0 Å². The van der Waals surface area contributed by atoms with Gasteiger partial charge in [-0.2, -0.15) is 13.2 Å². The summed E-state index contributed by atoms with van der Waals surface area (Å²) in [5, 5.41) is 4.68. The number of nitrogens with one attached hydrogen (secondary N) is 1. The van der Waals surface area contributed by atoms with Crippen molar-refractivity contribution in [2.75, 3.05) is 31.1 Å². The van der Waals surface area contributed by atoms with E-state index in [1.165, 1.54) is 17.4 Å². The number of hydrogen-bond acceptors (Lipinski definition) is 4. The van der Waals surface area contributed by atoms with Gasteiger partial charge < -0.3 is 15.1 Å². The predicted octanol–water partition coefficient (Wildman–Crippen LogP) is 4.46. The Morgan fingerprint density at radius 3 is 2.32 bits per heavy atom.